The van der Waals surface area contributed by atoms with Crippen LogP contribution in [0.25, 0.3) is 6.08 Å². The monoisotopic (exact) mass is 205 g/mol. The van der Waals surface area contributed by atoms with Crippen molar-refractivity contribution in [1.29, 1.82) is 0 Å². The third kappa shape index (κ3) is 4.77. The Morgan fingerprint density at radius 2 is 2.00 bits per heavy atom. The summed E-state index contributed by atoms with van der Waals surface area (Å²) in [7, 11) is 0. The van der Waals surface area contributed by atoms with E-state index in [1.165, 1.54) is 5.56 Å². The highest BCUT2D eigenvalue weighted by molar-refractivity contribution is 5.49. The molecule has 0 heterocycles. The van der Waals surface area contributed by atoms with Gasteiger partial charge >= 0.3 is 0 Å². The number of hydrogen-bond acceptors (Lipinski definition) is 2. The summed E-state index contributed by atoms with van der Waals surface area (Å²) in [6, 6.07) is 10.2. The fourth-order valence-electron chi connectivity index (χ4n) is 1.33. The van der Waals surface area contributed by atoms with Crippen LogP contribution in [0.4, 0.5) is 0 Å². The lowest BCUT2D eigenvalue weighted by Gasteiger charge is -2.13. The van der Waals surface area contributed by atoms with Gasteiger partial charge in [0.05, 0.1) is 0 Å². The van der Waals surface area contributed by atoms with E-state index in [9.17, 15) is 0 Å². The van der Waals surface area contributed by atoms with Gasteiger partial charge in [-0.3, -0.25) is 5.32 Å². The molecule has 1 rings (SSSR count). The number of hydrogen-bond donors (Lipinski definition) is 1. The summed E-state index contributed by atoms with van der Waals surface area (Å²) in [4.78, 5) is 0. The highest BCUT2D eigenvalue weighted by Crippen LogP contribution is 2.02. The highest BCUT2D eigenvalue weighted by Gasteiger charge is 1.99. The molecule has 1 N–H and O–H groups in total. The van der Waals surface area contributed by atoms with Crippen molar-refractivity contribution in [2.24, 2.45) is 0 Å². The Hall–Kier alpha value is -1.12. The molecule has 1 aromatic carbocycles. The number of likely N-dealkylation sites (N-methyl/N-ethyl adjacent to an activating group) is 1. The smallest absolute Gasteiger partial charge is 0.127 e. The topological polar surface area (TPSA) is 21.3 Å². The molecule has 0 amide bonds. The van der Waals surface area contributed by atoms with Crippen LogP contribution in [0.3, 0.4) is 0 Å². The summed E-state index contributed by atoms with van der Waals surface area (Å²) < 4.78 is 5.51. The molecule has 15 heavy (non-hydrogen) atoms. The zero-order valence-electron chi connectivity index (χ0n) is 9.44. The molecule has 82 valence electrons. The molecule has 0 saturated heterocycles. The molecule has 1 atom stereocenters. The first kappa shape index (κ1) is 12.0. The van der Waals surface area contributed by atoms with Crippen LogP contribution in [0.5, 0.6) is 0 Å². The summed E-state index contributed by atoms with van der Waals surface area (Å²) in [6.07, 6.45) is 4.13. The molecular formula is C13H19NO. The Bertz CT molecular complexity index is 276. The van der Waals surface area contributed by atoms with Crippen molar-refractivity contribution in [3.05, 3.63) is 42.0 Å². The minimum Gasteiger partial charge on any atom is -0.360 e. The molecule has 0 aliphatic rings. The Morgan fingerprint density at radius 1 is 1.27 bits per heavy atom. The van der Waals surface area contributed by atoms with Gasteiger partial charge in [-0.05, 0) is 25.1 Å². The first-order chi connectivity index (χ1) is 7.36. The van der Waals surface area contributed by atoms with Gasteiger partial charge in [0.2, 0.25) is 0 Å². The van der Waals surface area contributed by atoms with Crippen molar-refractivity contribution in [2.75, 3.05) is 13.2 Å². The molecule has 2 heteroatoms. The van der Waals surface area contributed by atoms with Gasteiger partial charge in [0.15, 0.2) is 0 Å². The molecule has 0 radical (unpaired) electrons. The van der Waals surface area contributed by atoms with E-state index in [2.05, 4.69) is 30.4 Å². The quantitative estimate of drug-likeness (QED) is 0.721. The summed E-state index contributed by atoms with van der Waals surface area (Å²) in [5, 5.41) is 3.24. The number of ether oxygens (including phenoxy) is 1. The Kier molecular flexibility index (Phi) is 5.74. The van der Waals surface area contributed by atoms with E-state index in [1.807, 2.05) is 31.2 Å². The van der Waals surface area contributed by atoms with E-state index in [0.717, 1.165) is 13.2 Å². The third-order valence-electron chi connectivity index (χ3n) is 2.01. The van der Waals surface area contributed by atoms with Crippen LogP contribution in [-0.2, 0) is 4.74 Å². The van der Waals surface area contributed by atoms with E-state index in [4.69, 9.17) is 4.74 Å². The lowest BCUT2D eigenvalue weighted by atomic mass is 10.2. The van der Waals surface area contributed by atoms with Crippen molar-refractivity contribution in [1.82, 2.24) is 5.32 Å². The van der Waals surface area contributed by atoms with Crippen LogP contribution in [0.2, 0.25) is 0 Å². The van der Waals surface area contributed by atoms with Crippen LogP contribution in [0, 0.1) is 0 Å². The molecule has 1 aromatic rings. The molecule has 0 aliphatic heterocycles. The van der Waals surface area contributed by atoms with E-state index in [0.29, 0.717) is 0 Å². The van der Waals surface area contributed by atoms with Gasteiger partial charge in [0.25, 0.3) is 0 Å². The van der Waals surface area contributed by atoms with Crippen molar-refractivity contribution >= 4 is 6.08 Å². The fraction of sp³-hybridized carbons (Fsp3) is 0.385. The zero-order chi connectivity index (χ0) is 10.9. The zero-order valence-corrected chi connectivity index (χ0v) is 9.44. The maximum Gasteiger partial charge on any atom is 0.127 e. The maximum atomic E-state index is 5.51. The Balaban J connectivity index is 2.53. The summed E-state index contributed by atoms with van der Waals surface area (Å²) in [6.45, 7) is 5.70. The predicted molar refractivity (Wildman–Crippen MR) is 64.6 cm³/mol. The lowest BCUT2D eigenvalue weighted by molar-refractivity contribution is 0.0744. The number of rotatable bonds is 6. The maximum absolute atomic E-state index is 5.51. The van der Waals surface area contributed by atoms with Crippen molar-refractivity contribution in [2.45, 2.75) is 20.1 Å². The first-order valence-electron chi connectivity index (χ1n) is 5.45. The van der Waals surface area contributed by atoms with E-state index in [1.54, 1.807) is 0 Å². The van der Waals surface area contributed by atoms with Crippen LogP contribution in [-0.4, -0.2) is 19.4 Å². The fourth-order valence-corrected chi connectivity index (χ4v) is 1.33. The summed E-state index contributed by atoms with van der Waals surface area (Å²) in [5.74, 6) is 0. The normalized spacial score (nSPS) is 13.2. The molecule has 0 aliphatic carbocycles. The van der Waals surface area contributed by atoms with Crippen LogP contribution in [0.1, 0.15) is 19.4 Å². The lowest BCUT2D eigenvalue weighted by Crippen LogP contribution is -2.29. The third-order valence-corrected chi connectivity index (χ3v) is 2.01. The second-order valence-electron chi connectivity index (χ2n) is 3.20. The van der Waals surface area contributed by atoms with Crippen molar-refractivity contribution in [3.63, 3.8) is 0 Å². The number of nitrogens with one attached hydrogen (secondary N) is 1. The standard InChI is InChI=1S/C13H19NO/c1-3-14-13(15-4-2)11-10-12-8-6-5-7-9-12/h5-11,13-14H,3-4H2,1-2H3. The van der Waals surface area contributed by atoms with Gasteiger partial charge in [-0.15, -0.1) is 0 Å². The van der Waals surface area contributed by atoms with Crippen molar-refractivity contribution in [3.8, 4) is 0 Å². The molecule has 0 fully saturated rings. The molecule has 2 nitrogen and oxygen atoms in total. The minimum atomic E-state index is 0.0141. The van der Waals surface area contributed by atoms with Gasteiger partial charge in [-0.1, -0.05) is 43.3 Å². The summed E-state index contributed by atoms with van der Waals surface area (Å²) in [5.41, 5.74) is 1.19. The predicted octanol–water partition coefficient (Wildman–Crippen LogP) is 2.67. The van der Waals surface area contributed by atoms with Gasteiger partial charge < -0.3 is 4.74 Å². The molecule has 0 saturated carbocycles. The summed E-state index contributed by atoms with van der Waals surface area (Å²) >= 11 is 0. The molecule has 0 aromatic heterocycles. The second kappa shape index (κ2) is 7.21. The van der Waals surface area contributed by atoms with E-state index in [-0.39, 0.29) is 6.23 Å². The Morgan fingerprint density at radius 3 is 2.60 bits per heavy atom. The molecule has 1 unspecified atom stereocenters. The van der Waals surface area contributed by atoms with Crippen LogP contribution >= 0.6 is 0 Å². The van der Waals surface area contributed by atoms with Gasteiger partial charge in [0.1, 0.15) is 6.23 Å². The highest BCUT2D eigenvalue weighted by atomic mass is 16.5. The average Bonchev–Trinajstić information content (AvgIpc) is 2.28. The van der Waals surface area contributed by atoms with Crippen LogP contribution in [0.15, 0.2) is 36.4 Å². The van der Waals surface area contributed by atoms with Gasteiger partial charge in [-0.2, -0.15) is 0 Å². The molecule has 0 bridgehead atoms. The van der Waals surface area contributed by atoms with Crippen molar-refractivity contribution < 1.29 is 4.74 Å². The van der Waals surface area contributed by atoms with E-state index < -0.39 is 0 Å². The Labute approximate surface area is 92.0 Å². The second-order valence-corrected chi connectivity index (χ2v) is 3.20. The number of benzene rings is 1. The van der Waals surface area contributed by atoms with Crippen LogP contribution < -0.4 is 5.32 Å². The SMILES string of the molecule is CCNC(C=Cc1ccccc1)OCC. The first-order valence-corrected chi connectivity index (χ1v) is 5.45. The minimum absolute atomic E-state index is 0.0141. The average molecular weight is 205 g/mol. The largest absolute Gasteiger partial charge is 0.360 e. The molecular weight excluding hydrogens is 186 g/mol. The molecule has 0 spiro atoms. The van der Waals surface area contributed by atoms with Gasteiger partial charge in [0, 0.05) is 6.61 Å². The van der Waals surface area contributed by atoms with E-state index >= 15 is 0 Å². The van der Waals surface area contributed by atoms with Gasteiger partial charge in [-0.25, -0.2) is 0 Å².